The Bertz CT molecular complexity index is 1340. The Morgan fingerprint density at radius 3 is 1.48 bits per heavy atom. The van der Waals surface area contributed by atoms with Gasteiger partial charge in [0, 0.05) is 0 Å². The molecule has 3 atom stereocenters. The molecule has 4 aromatic rings. The zero-order chi connectivity index (χ0) is 27.4. The smallest absolute Gasteiger partial charge is 0.373 e. The fourth-order valence-corrected chi connectivity index (χ4v) is 4.27. The molecule has 0 aliphatic carbocycles. The quantitative estimate of drug-likeness (QED) is 0.197. The Kier molecular flexibility index (Phi) is 9.73. The maximum atomic E-state index is 13.1. The van der Waals surface area contributed by atoms with Crippen LogP contribution in [-0.4, -0.2) is 24.5 Å². The molecule has 4 aromatic carbocycles. The van der Waals surface area contributed by atoms with E-state index in [2.05, 4.69) is 0 Å². The lowest BCUT2D eigenvalue weighted by atomic mass is 10.1. The van der Waals surface area contributed by atoms with Gasteiger partial charge in [0.1, 0.15) is 18.8 Å². The molecule has 0 amide bonds. The van der Waals surface area contributed by atoms with Gasteiger partial charge < -0.3 is 23.7 Å². The van der Waals surface area contributed by atoms with Gasteiger partial charge in [-0.15, -0.1) is 0 Å². The molecule has 1 aliphatic rings. The van der Waals surface area contributed by atoms with Gasteiger partial charge in [-0.3, -0.25) is 0 Å². The highest BCUT2D eigenvalue weighted by atomic mass is 16.7. The first kappa shape index (κ1) is 27.3. The summed E-state index contributed by atoms with van der Waals surface area (Å²) in [6.45, 7) is 1.05. The van der Waals surface area contributed by atoms with E-state index in [4.69, 9.17) is 23.7 Å². The van der Waals surface area contributed by atoms with Crippen LogP contribution in [0.1, 0.15) is 22.3 Å². The predicted molar refractivity (Wildman–Crippen MR) is 150 cm³/mol. The monoisotopic (exact) mass is 536 g/mol. The predicted octanol–water partition coefficient (Wildman–Crippen LogP) is 6.36. The van der Waals surface area contributed by atoms with Gasteiger partial charge >= 0.3 is 5.97 Å². The third kappa shape index (κ3) is 7.90. The summed E-state index contributed by atoms with van der Waals surface area (Å²) in [6, 6.07) is 39.0. The summed E-state index contributed by atoms with van der Waals surface area (Å²) in [6.07, 6.45) is -0.543. The van der Waals surface area contributed by atoms with Crippen LogP contribution in [0.5, 0.6) is 0 Å². The molecule has 1 heterocycles. The summed E-state index contributed by atoms with van der Waals surface area (Å²) in [4.78, 5) is 13.1. The van der Waals surface area contributed by atoms with Crippen LogP contribution in [0.4, 0.5) is 0 Å². The van der Waals surface area contributed by atoms with Crippen LogP contribution in [0.2, 0.25) is 0 Å². The van der Waals surface area contributed by atoms with E-state index in [1.54, 1.807) is 6.08 Å². The molecule has 0 bridgehead atoms. The first-order valence-electron chi connectivity index (χ1n) is 13.3. The molecule has 0 spiro atoms. The van der Waals surface area contributed by atoms with Gasteiger partial charge in [-0.25, -0.2) is 4.79 Å². The Hall–Kier alpha value is -4.23. The highest BCUT2D eigenvalue weighted by molar-refractivity contribution is 5.86. The highest BCUT2D eigenvalue weighted by Crippen LogP contribution is 2.28. The van der Waals surface area contributed by atoms with Crippen LogP contribution >= 0.6 is 0 Å². The second kappa shape index (κ2) is 14.2. The average Bonchev–Trinajstić information content (AvgIpc) is 3.02. The maximum Gasteiger partial charge on any atom is 0.373 e. The van der Waals surface area contributed by atoms with Crippen LogP contribution in [0.25, 0.3) is 0 Å². The van der Waals surface area contributed by atoms with E-state index >= 15 is 0 Å². The van der Waals surface area contributed by atoms with E-state index in [1.807, 2.05) is 121 Å². The van der Waals surface area contributed by atoms with E-state index < -0.39 is 24.5 Å². The number of esters is 1. The van der Waals surface area contributed by atoms with E-state index in [-0.39, 0.29) is 19.0 Å². The van der Waals surface area contributed by atoms with Crippen molar-refractivity contribution in [2.75, 3.05) is 0 Å². The molecule has 6 heteroatoms. The molecule has 0 fully saturated rings. The van der Waals surface area contributed by atoms with Gasteiger partial charge in [0.2, 0.25) is 12.0 Å². The minimum atomic E-state index is -0.908. The molecule has 5 rings (SSSR count). The number of rotatable bonds is 12. The van der Waals surface area contributed by atoms with Gasteiger partial charge in [-0.05, 0) is 28.3 Å². The first-order valence-corrected chi connectivity index (χ1v) is 13.3. The largest absolute Gasteiger partial charge is 0.455 e. The van der Waals surface area contributed by atoms with Gasteiger partial charge in [0.25, 0.3) is 0 Å². The average molecular weight is 537 g/mol. The summed E-state index contributed by atoms with van der Waals surface area (Å²) >= 11 is 0. The molecular formula is C34H32O6. The number of hydrogen-bond donors (Lipinski definition) is 0. The number of benzene rings is 4. The number of carbonyl (C=O) groups is 1. The third-order valence-electron chi connectivity index (χ3n) is 6.39. The lowest BCUT2D eigenvalue weighted by molar-refractivity contribution is -0.236. The lowest BCUT2D eigenvalue weighted by Crippen LogP contribution is -2.47. The normalized spacial score (nSPS) is 18.4. The Labute approximate surface area is 234 Å². The van der Waals surface area contributed by atoms with E-state index in [0.717, 1.165) is 22.3 Å². The number of hydrogen-bond acceptors (Lipinski definition) is 6. The molecule has 40 heavy (non-hydrogen) atoms. The van der Waals surface area contributed by atoms with Crippen molar-refractivity contribution >= 4 is 5.97 Å². The number of carbonyl (C=O) groups excluding carboxylic acids is 1. The summed E-state index contributed by atoms with van der Waals surface area (Å²) < 4.78 is 30.6. The number of ether oxygens (including phenoxy) is 5. The molecule has 0 unspecified atom stereocenters. The van der Waals surface area contributed by atoms with Gasteiger partial charge in [-0.1, -0.05) is 121 Å². The van der Waals surface area contributed by atoms with Crippen molar-refractivity contribution in [2.24, 2.45) is 0 Å². The Morgan fingerprint density at radius 1 is 0.550 bits per heavy atom. The van der Waals surface area contributed by atoms with Crippen molar-refractivity contribution in [3.63, 3.8) is 0 Å². The zero-order valence-corrected chi connectivity index (χ0v) is 22.1. The molecule has 0 saturated heterocycles. The fraction of sp³-hybridized carbons (Fsp3) is 0.206. The van der Waals surface area contributed by atoms with Crippen LogP contribution in [-0.2, 0) is 54.9 Å². The van der Waals surface area contributed by atoms with Crippen molar-refractivity contribution in [3.05, 3.63) is 155 Å². The topological polar surface area (TPSA) is 63.2 Å². The van der Waals surface area contributed by atoms with Crippen molar-refractivity contribution in [1.82, 2.24) is 0 Å². The summed E-state index contributed by atoms with van der Waals surface area (Å²) in [5.41, 5.74) is 3.85. The second-order valence-corrected chi connectivity index (χ2v) is 9.40. The van der Waals surface area contributed by atoms with Gasteiger partial charge in [-0.2, -0.15) is 0 Å². The third-order valence-corrected chi connectivity index (χ3v) is 6.39. The van der Waals surface area contributed by atoms with Crippen LogP contribution in [0, 0.1) is 0 Å². The highest BCUT2D eigenvalue weighted by Gasteiger charge is 2.40. The summed E-state index contributed by atoms with van der Waals surface area (Å²) in [5, 5.41) is 0. The van der Waals surface area contributed by atoms with Crippen molar-refractivity contribution in [3.8, 4) is 0 Å². The second-order valence-electron chi connectivity index (χ2n) is 9.40. The van der Waals surface area contributed by atoms with E-state index in [0.29, 0.717) is 13.2 Å². The summed E-state index contributed by atoms with van der Waals surface area (Å²) in [7, 11) is 0. The molecule has 0 N–H and O–H groups in total. The molecule has 0 aromatic heterocycles. The minimum absolute atomic E-state index is 0.0339. The molecule has 1 aliphatic heterocycles. The van der Waals surface area contributed by atoms with Gasteiger partial charge in [0.15, 0.2) is 0 Å². The van der Waals surface area contributed by atoms with Crippen LogP contribution < -0.4 is 0 Å². The SMILES string of the molecule is O=C(OCc1ccccc1)C1=C[C@H](OCc2ccccc2)[C@@H](OCc2ccccc2)[C@H](OCc2ccccc2)O1. The molecule has 0 saturated carbocycles. The Balaban J connectivity index is 1.37. The van der Waals surface area contributed by atoms with Crippen LogP contribution in [0.3, 0.4) is 0 Å². The molecule has 204 valence electrons. The minimum Gasteiger partial charge on any atom is -0.455 e. The zero-order valence-electron chi connectivity index (χ0n) is 22.1. The van der Waals surface area contributed by atoms with Crippen molar-refractivity contribution in [2.45, 2.75) is 44.9 Å². The molecule has 0 radical (unpaired) electrons. The lowest BCUT2D eigenvalue weighted by Gasteiger charge is -2.36. The van der Waals surface area contributed by atoms with Crippen LogP contribution in [0.15, 0.2) is 133 Å². The van der Waals surface area contributed by atoms with Crippen molar-refractivity contribution in [1.29, 1.82) is 0 Å². The van der Waals surface area contributed by atoms with E-state index in [9.17, 15) is 4.79 Å². The van der Waals surface area contributed by atoms with E-state index in [1.165, 1.54) is 0 Å². The maximum absolute atomic E-state index is 13.1. The standard InChI is InChI=1S/C34H32O6/c35-33(38-24-28-17-9-3-10-18-28)31-21-30(36-22-26-13-5-1-6-14-26)32(37-23-27-15-7-2-8-16-27)34(40-31)39-25-29-19-11-4-12-20-29/h1-21,30,32,34H,22-25H2/t30-,32+,34+/m0/s1. The fourth-order valence-electron chi connectivity index (χ4n) is 4.27. The Morgan fingerprint density at radius 2 is 0.975 bits per heavy atom. The first-order chi connectivity index (χ1) is 19.7. The molecular weight excluding hydrogens is 504 g/mol. The van der Waals surface area contributed by atoms with Gasteiger partial charge in [0.05, 0.1) is 19.8 Å². The van der Waals surface area contributed by atoms with Crippen molar-refractivity contribution < 1.29 is 28.5 Å². The summed E-state index contributed by atoms with van der Waals surface area (Å²) in [5.74, 6) is -0.557. The molecule has 6 nitrogen and oxygen atoms in total.